The van der Waals surface area contributed by atoms with Crippen LogP contribution in [0.15, 0.2) is 237 Å². The molecule has 0 heterocycles. The van der Waals surface area contributed by atoms with Gasteiger partial charge in [0.2, 0.25) is 0 Å². The van der Waals surface area contributed by atoms with Gasteiger partial charge in [-0.3, -0.25) is 0 Å². The Bertz CT molecular complexity index is 2970. The molecule has 0 aromatic heterocycles. The molecule has 2 aliphatic rings. The summed E-state index contributed by atoms with van der Waals surface area (Å²) in [7, 11) is -3.15. The average molecular weight is 759 g/mol. The Hall–Kier alpha value is -6.79. The van der Waals surface area contributed by atoms with Gasteiger partial charge in [-0.2, -0.15) is 0 Å². The summed E-state index contributed by atoms with van der Waals surface area (Å²) < 4.78 is 15.4. The molecule has 9 aromatic carbocycles. The van der Waals surface area contributed by atoms with Crippen LogP contribution >= 0.6 is 7.14 Å². The molecular weight excluding hydrogens is 720 g/mol. The van der Waals surface area contributed by atoms with Crippen molar-refractivity contribution in [1.82, 2.24) is 0 Å². The van der Waals surface area contributed by atoms with Crippen LogP contribution in [0.5, 0.6) is 0 Å². The second-order valence-corrected chi connectivity index (χ2v) is 18.2. The van der Waals surface area contributed by atoms with Gasteiger partial charge in [-0.25, -0.2) is 0 Å². The number of hydrogen-bond donors (Lipinski definition) is 0. The molecular formula is C56H39OP. The normalized spacial score (nSPS) is 17.5. The lowest BCUT2D eigenvalue weighted by atomic mass is 9.51. The van der Waals surface area contributed by atoms with Crippen LogP contribution in [0.1, 0.15) is 44.5 Å². The van der Waals surface area contributed by atoms with Crippen molar-refractivity contribution in [2.45, 2.75) is 10.8 Å². The Morgan fingerprint density at radius 1 is 0.276 bits per heavy atom. The predicted molar refractivity (Wildman–Crippen MR) is 240 cm³/mol. The van der Waals surface area contributed by atoms with E-state index in [-0.39, 0.29) is 0 Å². The van der Waals surface area contributed by atoms with Crippen molar-refractivity contribution in [3.05, 3.63) is 281 Å². The Morgan fingerprint density at radius 3 is 1.22 bits per heavy atom. The van der Waals surface area contributed by atoms with Crippen LogP contribution in [0.25, 0.3) is 22.3 Å². The molecule has 0 fully saturated rings. The van der Waals surface area contributed by atoms with Gasteiger partial charge in [-0.1, -0.05) is 237 Å². The highest BCUT2D eigenvalue weighted by atomic mass is 31.2. The molecule has 0 spiro atoms. The van der Waals surface area contributed by atoms with E-state index < -0.39 is 18.0 Å². The van der Waals surface area contributed by atoms with Crippen molar-refractivity contribution in [3.8, 4) is 22.3 Å². The summed E-state index contributed by atoms with van der Waals surface area (Å²) in [5.41, 5.74) is 13.8. The number of fused-ring (bicyclic) bond motifs is 5. The molecule has 2 unspecified atom stereocenters. The van der Waals surface area contributed by atoms with Crippen molar-refractivity contribution < 1.29 is 4.57 Å². The molecule has 0 amide bonds. The standard InChI is InChI=1S/C56H39OP/c57-58(43-24-9-3-10-25-43,44-26-11-4-12-27-44)45-38-36-40(37-39-45)46-28-13-15-31-49(46)55(41-20-5-1-6-21-41)51-33-17-18-34-52(51)56(42-22-7-2-8-23-42)50-32-16-14-29-47(50)48-30-19-35-53(55)54(48)56/h1-39H. The van der Waals surface area contributed by atoms with E-state index in [4.69, 9.17) is 0 Å². The maximum Gasteiger partial charge on any atom is 0.171 e. The molecule has 0 saturated carbocycles. The zero-order valence-electron chi connectivity index (χ0n) is 31.9. The van der Waals surface area contributed by atoms with Crippen LogP contribution in [0.2, 0.25) is 0 Å². The molecule has 1 nitrogen and oxygen atoms in total. The molecule has 0 saturated heterocycles. The van der Waals surface area contributed by atoms with E-state index in [1.807, 2.05) is 60.7 Å². The van der Waals surface area contributed by atoms with Crippen molar-refractivity contribution in [1.29, 1.82) is 0 Å². The molecule has 2 heteroatoms. The fourth-order valence-corrected chi connectivity index (χ4v) is 13.1. The SMILES string of the molecule is O=P(c1ccccc1)(c1ccccc1)c1ccc(-c2ccccc2C2(c3ccccc3)c3ccccc3C3(c4ccccc4)c4ccccc4-c4cccc2c43)cc1. The van der Waals surface area contributed by atoms with Gasteiger partial charge in [0.15, 0.2) is 7.14 Å². The Balaban J connectivity index is 1.20. The first-order chi connectivity index (χ1) is 28.7. The lowest BCUT2D eigenvalue weighted by Gasteiger charge is -2.50. The zero-order chi connectivity index (χ0) is 38.7. The fourth-order valence-electron chi connectivity index (χ4n) is 10.5. The lowest BCUT2D eigenvalue weighted by Crippen LogP contribution is -2.44. The van der Waals surface area contributed by atoms with Crippen molar-refractivity contribution >= 4 is 23.1 Å². The van der Waals surface area contributed by atoms with Crippen molar-refractivity contribution in [2.24, 2.45) is 0 Å². The number of benzene rings is 9. The maximum absolute atomic E-state index is 15.4. The molecule has 58 heavy (non-hydrogen) atoms. The molecule has 0 radical (unpaired) electrons. The highest BCUT2D eigenvalue weighted by Crippen LogP contribution is 2.66. The summed E-state index contributed by atoms with van der Waals surface area (Å²) in [6.07, 6.45) is 0. The zero-order valence-corrected chi connectivity index (χ0v) is 32.8. The van der Waals surface area contributed by atoms with E-state index in [1.165, 1.54) is 55.6 Å². The van der Waals surface area contributed by atoms with Crippen LogP contribution in [0.4, 0.5) is 0 Å². The summed E-state index contributed by atoms with van der Waals surface area (Å²) in [5, 5.41) is 2.48. The quantitative estimate of drug-likeness (QED) is 0.148. The Morgan fingerprint density at radius 2 is 0.655 bits per heavy atom. The minimum absolute atomic E-state index is 0.509. The second-order valence-electron chi connectivity index (χ2n) is 15.4. The molecule has 11 rings (SSSR count). The summed E-state index contributed by atoms with van der Waals surface area (Å²) in [5.74, 6) is 0. The van der Waals surface area contributed by atoms with Crippen molar-refractivity contribution in [2.75, 3.05) is 0 Å². The Kier molecular flexibility index (Phi) is 7.97. The second kappa shape index (κ2) is 13.4. The highest BCUT2D eigenvalue weighted by Gasteiger charge is 2.57. The van der Waals surface area contributed by atoms with E-state index in [0.29, 0.717) is 0 Å². The highest BCUT2D eigenvalue weighted by molar-refractivity contribution is 7.85. The first-order valence-electron chi connectivity index (χ1n) is 20.0. The van der Waals surface area contributed by atoms with Crippen LogP contribution in [-0.4, -0.2) is 0 Å². The van der Waals surface area contributed by atoms with Gasteiger partial charge in [0.25, 0.3) is 0 Å². The smallest absolute Gasteiger partial charge is 0.171 e. The fraction of sp³-hybridized carbons (Fsp3) is 0.0357. The lowest BCUT2D eigenvalue weighted by molar-refractivity contribution is 0.592. The maximum atomic E-state index is 15.4. The minimum Gasteiger partial charge on any atom is -0.309 e. The van der Waals surface area contributed by atoms with Gasteiger partial charge in [0.1, 0.15) is 0 Å². The Labute approximate surface area is 340 Å². The van der Waals surface area contributed by atoms with Gasteiger partial charge in [-0.15, -0.1) is 0 Å². The van der Waals surface area contributed by atoms with Crippen LogP contribution in [-0.2, 0) is 15.4 Å². The van der Waals surface area contributed by atoms with Crippen molar-refractivity contribution in [3.63, 3.8) is 0 Å². The van der Waals surface area contributed by atoms with Crippen LogP contribution in [0, 0.1) is 0 Å². The largest absolute Gasteiger partial charge is 0.309 e. The molecule has 0 aliphatic heterocycles. The van der Waals surface area contributed by atoms with Crippen LogP contribution in [0.3, 0.4) is 0 Å². The molecule has 274 valence electrons. The van der Waals surface area contributed by atoms with Gasteiger partial charge < -0.3 is 4.57 Å². The van der Waals surface area contributed by atoms with Crippen LogP contribution < -0.4 is 15.9 Å². The molecule has 9 aromatic rings. The minimum atomic E-state index is -3.15. The average Bonchev–Trinajstić information content (AvgIpc) is 3.62. The van der Waals surface area contributed by atoms with E-state index in [2.05, 4.69) is 176 Å². The molecule has 2 atom stereocenters. The predicted octanol–water partition coefficient (Wildman–Crippen LogP) is 12.1. The van der Waals surface area contributed by atoms with E-state index in [1.54, 1.807) is 0 Å². The summed E-state index contributed by atoms with van der Waals surface area (Å²) >= 11 is 0. The summed E-state index contributed by atoms with van der Waals surface area (Å²) in [6, 6.07) is 84.7. The third-order valence-electron chi connectivity index (χ3n) is 12.7. The summed E-state index contributed by atoms with van der Waals surface area (Å²) in [6.45, 7) is 0. The topological polar surface area (TPSA) is 17.1 Å². The monoisotopic (exact) mass is 758 g/mol. The summed E-state index contributed by atoms with van der Waals surface area (Å²) in [4.78, 5) is 0. The van der Waals surface area contributed by atoms with Gasteiger partial charge in [0, 0.05) is 15.9 Å². The number of rotatable bonds is 7. The molecule has 0 N–H and O–H groups in total. The van der Waals surface area contributed by atoms with Gasteiger partial charge in [-0.05, 0) is 66.8 Å². The first kappa shape index (κ1) is 34.5. The third-order valence-corrected chi connectivity index (χ3v) is 15.8. The van der Waals surface area contributed by atoms with E-state index >= 15 is 4.57 Å². The molecule has 0 bridgehead atoms. The van der Waals surface area contributed by atoms with E-state index in [0.717, 1.165) is 27.0 Å². The van der Waals surface area contributed by atoms with Gasteiger partial charge in [0.05, 0.1) is 10.8 Å². The third kappa shape index (κ3) is 4.69. The number of hydrogen-bond acceptors (Lipinski definition) is 1. The van der Waals surface area contributed by atoms with Gasteiger partial charge >= 0.3 is 0 Å². The molecule has 2 aliphatic carbocycles. The van der Waals surface area contributed by atoms with E-state index in [9.17, 15) is 0 Å². The first-order valence-corrected chi connectivity index (χ1v) is 21.8.